The van der Waals surface area contributed by atoms with Gasteiger partial charge in [0, 0.05) is 16.8 Å². The average Bonchev–Trinajstić information content (AvgIpc) is 3.17. The van der Waals surface area contributed by atoms with E-state index in [0.29, 0.717) is 22.6 Å². The van der Waals surface area contributed by atoms with Crippen LogP contribution < -0.4 is 10.6 Å². The van der Waals surface area contributed by atoms with E-state index in [1.54, 1.807) is 6.07 Å². The van der Waals surface area contributed by atoms with E-state index in [4.69, 9.17) is 16.6 Å². The molecule has 31 heavy (non-hydrogen) atoms. The van der Waals surface area contributed by atoms with Gasteiger partial charge in [-0.2, -0.15) is 0 Å². The molecule has 0 bridgehead atoms. The second-order valence-electron chi connectivity index (χ2n) is 7.48. The molecule has 0 unspecified atom stereocenters. The number of benzene rings is 3. The minimum absolute atomic E-state index is 0.225. The molecule has 0 aliphatic carbocycles. The van der Waals surface area contributed by atoms with Crippen LogP contribution in [0.5, 0.6) is 0 Å². The molecule has 1 amide bonds. The highest BCUT2D eigenvalue weighted by Crippen LogP contribution is 2.26. The fraction of sp³-hybridized carbons (Fsp3) is 0.160. The van der Waals surface area contributed by atoms with Crippen molar-refractivity contribution < 1.29 is 9.21 Å². The zero-order valence-corrected chi connectivity index (χ0v) is 18.5. The number of fused-ring (bicyclic) bond motifs is 1. The summed E-state index contributed by atoms with van der Waals surface area (Å²) < 4.78 is 5.89. The van der Waals surface area contributed by atoms with E-state index in [9.17, 15) is 4.79 Å². The molecule has 1 aromatic heterocycles. The first-order valence-corrected chi connectivity index (χ1v) is 10.5. The molecule has 0 spiro atoms. The van der Waals surface area contributed by atoms with Gasteiger partial charge in [0.15, 0.2) is 10.7 Å². The van der Waals surface area contributed by atoms with Crippen LogP contribution in [-0.4, -0.2) is 16.0 Å². The van der Waals surface area contributed by atoms with E-state index in [0.717, 1.165) is 28.8 Å². The monoisotopic (exact) mass is 429 g/mol. The Morgan fingerprint density at radius 1 is 1.03 bits per heavy atom. The second-order valence-corrected chi connectivity index (χ2v) is 7.89. The van der Waals surface area contributed by atoms with E-state index in [2.05, 4.69) is 34.7 Å². The van der Waals surface area contributed by atoms with Gasteiger partial charge in [0.2, 0.25) is 5.89 Å². The number of anilines is 1. The maximum Gasteiger partial charge on any atom is 0.257 e. The molecule has 0 aliphatic heterocycles. The topological polar surface area (TPSA) is 67.2 Å². The summed E-state index contributed by atoms with van der Waals surface area (Å²) in [6.45, 7) is 6.02. The highest BCUT2D eigenvalue weighted by molar-refractivity contribution is 7.80. The van der Waals surface area contributed by atoms with Crippen LogP contribution in [0, 0.1) is 13.8 Å². The van der Waals surface area contributed by atoms with Crippen LogP contribution in [0.4, 0.5) is 5.69 Å². The van der Waals surface area contributed by atoms with Crippen molar-refractivity contribution in [1.29, 1.82) is 0 Å². The van der Waals surface area contributed by atoms with Crippen LogP contribution in [0.15, 0.2) is 65.1 Å². The molecule has 3 aromatic carbocycles. The van der Waals surface area contributed by atoms with Crippen molar-refractivity contribution in [3.8, 4) is 11.5 Å². The van der Waals surface area contributed by atoms with E-state index in [1.807, 2.05) is 56.3 Å². The zero-order valence-electron chi connectivity index (χ0n) is 17.7. The van der Waals surface area contributed by atoms with Crippen LogP contribution in [0.2, 0.25) is 0 Å². The highest BCUT2D eigenvalue weighted by atomic mass is 32.1. The van der Waals surface area contributed by atoms with Crippen molar-refractivity contribution in [2.75, 3.05) is 5.32 Å². The Hall–Kier alpha value is -3.51. The first kappa shape index (κ1) is 20.8. The number of amides is 1. The number of oxazole rings is 1. The van der Waals surface area contributed by atoms with Gasteiger partial charge in [-0.1, -0.05) is 36.8 Å². The molecular weight excluding hydrogens is 406 g/mol. The van der Waals surface area contributed by atoms with E-state index in [-0.39, 0.29) is 11.0 Å². The molecule has 0 radical (unpaired) electrons. The molecule has 0 saturated heterocycles. The van der Waals surface area contributed by atoms with E-state index >= 15 is 0 Å². The lowest BCUT2D eigenvalue weighted by Crippen LogP contribution is -2.34. The van der Waals surface area contributed by atoms with Gasteiger partial charge in [-0.05, 0) is 80.0 Å². The minimum Gasteiger partial charge on any atom is -0.436 e. The maximum atomic E-state index is 12.5. The summed E-state index contributed by atoms with van der Waals surface area (Å²) in [5.41, 5.74) is 6.93. The minimum atomic E-state index is -0.240. The third-order valence-corrected chi connectivity index (χ3v) is 5.31. The first-order valence-electron chi connectivity index (χ1n) is 10.1. The number of nitrogens with one attached hydrogen (secondary N) is 2. The number of hydrogen-bond donors (Lipinski definition) is 2. The lowest BCUT2D eigenvalue weighted by atomic mass is 10.1. The Labute approximate surface area is 186 Å². The number of nitrogens with zero attached hydrogens (tertiary/aromatic N) is 1. The Balaban J connectivity index is 1.48. The van der Waals surface area contributed by atoms with Gasteiger partial charge in [0.25, 0.3) is 5.91 Å². The number of aromatic nitrogens is 1. The molecule has 6 heteroatoms. The van der Waals surface area contributed by atoms with Crippen molar-refractivity contribution in [2.24, 2.45) is 0 Å². The van der Waals surface area contributed by atoms with Gasteiger partial charge in [0.1, 0.15) is 5.52 Å². The molecule has 0 saturated carbocycles. The third kappa shape index (κ3) is 4.64. The predicted molar refractivity (Wildman–Crippen MR) is 128 cm³/mol. The number of thiocarbonyl (C=S) groups is 1. The first-order chi connectivity index (χ1) is 14.9. The van der Waals surface area contributed by atoms with Crippen molar-refractivity contribution in [1.82, 2.24) is 10.3 Å². The van der Waals surface area contributed by atoms with Gasteiger partial charge in [0.05, 0.1) is 0 Å². The Bertz CT molecular complexity index is 1280. The average molecular weight is 430 g/mol. The standard InChI is InChI=1S/C25H23N3O2S/c1-4-17-6-8-18(9-7-17)24-27-21-14-19(10-12-22(21)30-24)26-25(31)28-23(29)20-11-5-15(2)13-16(20)3/h5-14H,4H2,1-3H3,(H2,26,28,29,31). The normalized spacial score (nSPS) is 10.8. The van der Waals surface area contributed by atoms with Crippen molar-refractivity contribution >= 4 is 40.0 Å². The quantitative estimate of drug-likeness (QED) is 0.401. The molecule has 2 N–H and O–H groups in total. The van der Waals surface area contributed by atoms with Crippen LogP contribution in [0.25, 0.3) is 22.6 Å². The maximum absolute atomic E-state index is 12.5. The highest BCUT2D eigenvalue weighted by Gasteiger charge is 2.12. The SMILES string of the molecule is CCc1ccc(-c2nc3cc(NC(=S)NC(=O)c4ccc(C)cc4C)ccc3o2)cc1. The molecular formula is C25H23N3O2S. The molecule has 4 rings (SSSR count). The molecule has 0 aliphatic rings. The largest absolute Gasteiger partial charge is 0.436 e. The summed E-state index contributed by atoms with van der Waals surface area (Å²) in [5, 5.41) is 6.01. The van der Waals surface area contributed by atoms with Crippen molar-refractivity contribution in [3.05, 3.63) is 82.9 Å². The van der Waals surface area contributed by atoms with Gasteiger partial charge in [-0.3, -0.25) is 10.1 Å². The third-order valence-electron chi connectivity index (χ3n) is 5.11. The Morgan fingerprint density at radius 2 is 1.81 bits per heavy atom. The number of rotatable bonds is 4. The number of aryl methyl sites for hydroxylation is 3. The molecule has 156 valence electrons. The second kappa shape index (κ2) is 8.70. The fourth-order valence-corrected chi connectivity index (χ4v) is 3.62. The predicted octanol–water partition coefficient (Wildman–Crippen LogP) is 5.80. The van der Waals surface area contributed by atoms with Crippen LogP contribution >= 0.6 is 12.2 Å². The summed E-state index contributed by atoms with van der Waals surface area (Å²) in [7, 11) is 0. The van der Waals surface area contributed by atoms with Crippen molar-refractivity contribution in [2.45, 2.75) is 27.2 Å². The molecule has 0 atom stereocenters. The fourth-order valence-electron chi connectivity index (χ4n) is 3.41. The summed E-state index contributed by atoms with van der Waals surface area (Å²) in [6, 6.07) is 19.4. The van der Waals surface area contributed by atoms with E-state index < -0.39 is 0 Å². The smallest absolute Gasteiger partial charge is 0.257 e. The van der Waals surface area contributed by atoms with Gasteiger partial charge < -0.3 is 9.73 Å². The lowest BCUT2D eigenvalue weighted by molar-refractivity contribution is 0.0977. The summed E-state index contributed by atoms with van der Waals surface area (Å²) in [4.78, 5) is 17.1. The molecule has 5 nitrogen and oxygen atoms in total. The molecule has 1 heterocycles. The zero-order chi connectivity index (χ0) is 22.0. The Morgan fingerprint density at radius 3 is 2.52 bits per heavy atom. The Kier molecular flexibility index (Phi) is 5.82. The van der Waals surface area contributed by atoms with Gasteiger partial charge >= 0.3 is 0 Å². The van der Waals surface area contributed by atoms with E-state index in [1.165, 1.54) is 5.56 Å². The summed E-state index contributed by atoms with van der Waals surface area (Å²) in [5.74, 6) is 0.329. The summed E-state index contributed by atoms with van der Waals surface area (Å²) in [6.07, 6.45) is 0.989. The number of carbonyl (C=O) groups excluding carboxylic acids is 1. The number of carbonyl (C=O) groups is 1. The van der Waals surface area contributed by atoms with Gasteiger partial charge in [-0.25, -0.2) is 4.98 Å². The van der Waals surface area contributed by atoms with Gasteiger partial charge in [-0.15, -0.1) is 0 Å². The van der Waals surface area contributed by atoms with Crippen LogP contribution in [-0.2, 0) is 6.42 Å². The summed E-state index contributed by atoms with van der Waals surface area (Å²) >= 11 is 5.32. The van der Waals surface area contributed by atoms with Crippen LogP contribution in [0.3, 0.4) is 0 Å². The molecule has 4 aromatic rings. The number of hydrogen-bond acceptors (Lipinski definition) is 4. The van der Waals surface area contributed by atoms with Crippen molar-refractivity contribution in [3.63, 3.8) is 0 Å². The van der Waals surface area contributed by atoms with Crippen LogP contribution in [0.1, 0.15) is 34.0 Å². The lowest BCUT2D eigenvalue weighted by Gasteiger charge is -2.11. The molecule has 0 fully saturated rings.